The molecule has 3 atom stereocenters. The van der Waals surface area contributed by atoms with Gasteiger partial charge in [0, 0.05) is 75.1 Å². The van der Waals surface area contributed by atoms with Crippen LogP contribution in [-0.2, 0) is 54.6 Å². The molecule has 0 radical (unpaired) electrons. The van der Waals surface area contributed by atoms with Crippen molar-refractivity contribution in [2.24, 2.45) is 11.3 Å². The van der Waals surface area contributed by atoms with Gasteiger partial charge in [0.25, 0.3) is 5.91 Å². The number of hydrogen-bond donors (Lipinski definition) is 3. The first-order valence-electron chi connectivity index (χ1n) is 22.0. The number of rotatable bonds is 9. The third kappa shape index (κ3) is 9.27. The van der Waals surface area contributed by atoms with E-state index in [9.17, 15) is 24.3 Å². The summed E-state index contributed by atoms with van der Waals surface area (Å²) in [4.78, 5) is 64.5. The Balaban J connectivity index is 1.34. The van der Waals surface area contributed by atoms with Gasteiger partial charge in [-0.2, -0.15) is 0 Å². The number of phenols is 1. The Morgan fingerprint density at radius 3 is 2.54 bits per heavy atom. The normalized spacial score (nSPS) is 21.1. The average Bonchev–Trinajstić information content (AvgIpc) is 3.52. The number of pyridine rings is 1. The molecule has 15 nitrogen and oxygen atoms in total. The Labute approximate surface area is 370 Å². The molecule has 6 bridgehead atoms. The predicted molar refractivity (Wildman–Crippen MR) is 239 cm³/mol. The van der Waals surface area contributed by atoms with E-state index < -0.39 is 40.8 Å². The van der Waals surface area contributed by atoms with Gasteiger partial charge in [-0.3, -0.25) is 19.6 Å². The molecule has 2 aromatic carbocycles. The van der Waals surface area contributed by atoms with E-state index >= 15 is 0 Å². The van der Waals surface area contributed by atoms with Crippen LogP contribution in [0.15, 0.2) is 54.9 Å². The first-order chi connectivity index (χ1) is 30.0. The molecule has 0 spiro atoms. The molecule has 15 heteroatoms. The smallest absolute Gasteiger partial charge is 0.327 e. The third-order valence-electron chi connectivity index (χ3n) is 12.8. The Morgan fingerprint density at radius 2 is 1.84 bits per heavy atom. The van der Waals surface area contributed by atoms with Crippen LogP contribution < -0.4 is 10.7 Å². The number of aromatic hydroxyl groups is 1. The van der Waals surface area contributed by atoms with Gasteiger partial charge in [-0.15, -0.1) is 0 Å². The highest BCUT2D eigenvalue weighted by Crippen LogP contribution is 2.41. The largest absolute Gasteiger partial charge is 0.508 e. The highest BCUT2D eigenvalue weighted by Gasteiger charge is 2.44. The van der Waals surface area contributed by atoms with Crippen LogP contribution >= 0.6 is 0 Å². The van der Waals surface area contributed by atoms with Crippen molar-refractivity contribution >= 4 is 34.7 Å². The summed E-state index contributed by atoms with van der Waals surface area (Å²) in [6, 6.07) is 11.1. The molecule has 63 heavy (non-hydrogen) atoms. The molecule has 0 unspecified atom stereocenters. The standard InChI is InChI=1S/C48H63N7O8/c1-10-54-40-13-12-31-22-36(40)37(42(54)38-24-49-16-14-32(38)27-61-8)23-47(4,5)28-63-45(59)48(6)15-11-17-55(51-48)44(58)39(20-30-18-33(31)21-34(56)19-30)50-43(57)41(29(2)3)52(7)46(60)53-25-35(26-53)62-9/h12-14,16,18-19,21-22,24,29,35,39,41,51,56H,10-11,15,17,20,23,25-28H2,1-9H3,(H,50,57)/t39-,41-,48+/m0/s1. The fourth-order valence-corrected chi connectivity index (χ4v) is 9.45. The predicted octanol–water partition coefficient (Wildman–Crippen LogP) is 5.69. The molecule has 3 N–H and O–H groups in total. The summed E-state index contributed by atoms with van der Waals surface area (Å²) in [5.41, 5.74) is 8.65. The summed E-state index contributed by atoms with van der Waals surface area (Å²) in [5, 5.41) is 16.7. The molecule has 4 aromatic rings. The Bertz CT molecular complexity index is 2370. The minimum atomic E-state index is -1.24. The van der Waals surface area contributed by atoms with Gasteiger partial charge in [-0.25, -0.2) is 15.0 Å². The number of esters is 1. The Hall–Kier alpha value is -5.51. The number of urea groups is 1. The number of nitrogens with one attached hydrogen (secondary N) is 2. The van der Waals surface area contributed by atoms with Crippen LogP contribution in [0.5, 0.6) is 5.75 Å². The van der Waals surface area contributed by atoms with Crippen LogP contribution in [0.25, 0.3) is 33.3 Å². The van der Waals surface area contributed by atoms with Crippen molar-refractivity contribution in [2.75, 3.05) is 47.5 Å². The lowest BCUT2D eigenvalue weighted by Gasteiger charge is -2.43. The second-order valence-electron chi connectivity index (χ2n) is 18.7. The summed E-state index contributed by atoms with van der Waals surface area (Å²) in [7, 11) is 4.88. The van der Waals surface area contributed by atoms with Crippen molar-refractivity contribution in [2.45, 2.75) is 104 Å². The summed E-state index contributed by atoms with van der Waals surface area (Å²) in [6.07, 6.45) is 5.08. The van der Waals surface area contributed by atoms with Crippen LogP contribution in [-0.4, -0.2) is 125 Å². The fraction of sp³-hybridized carbons (Fsp3) is 0.521. The number of nitrogens with zero attached hydrogens (tertiary/aromatic N) is 5. The van der Waals surface area contributed by atoms with E-state index in [1.807, 2.05) is 38.2 Å². The maximum absolute atomic E-state index is 14.8. The zero-order valence-corrected chi connectivity index (χ0v) is 38.1. The number of carbonyl (C=O) groups is 4. The summed E-state index contributed by atoms with van der Waals surface area (Å²) < 4.78 is 19.5. The average molecular weight is 866 g/mol. The van der Waals surface area contributed by atoms with Crippen LogP contribution in [0, 0.1) is 11.3 Å². The number of likely N-dealkylation sites (N-methyl/N-ethyl adjacent to an activating group) is 1. The highest BCUT2D eigenvalue weighted by atomic mass is 16.5. The number of ether oxygens (including phenoxy) is 3. The topological polar surface area (TPSA) is 168 Å². The zero-order valence-electron chi connectivity index (χ0n) is 38.1. The quantitative estimate of drug-likeness (QED) is 0.178. The maximum Gasteiger partial charge on any atom is 0.327 e. The second kappa shape index (κ2) is 18.3. The number of likely N-dealkylation sites (tertiary alicyclic amines) is 1. The lowest BCUT2D eigenvalue weighted by atomic mass is 9.84. The van der Waals surface area contributed by atoms with Gasteiger partial charge in [0.1, 0.15) is 23.4 Å². The number of carbonyl (C=O) groups excluding carboxylic acids is 4. The minimum absolute atomic E-state index is 0.00276. The Kier molecular flexibility index (Phi) is 13.2. The number of methoxy groups -OCH3 is 2. The first kappa shape index (κ1) is 45.5. The second-order valence-corrected chi connectivity index (χ2v) is 18.7. The number of aromatic nitrogens is 2. The van der Waals surface area contributed by atoms with E-state index in [4.69, 9.17) is 14.2 Å². The molecule has 2 aromatic heterocycles. The number of aryl methyl sites for hydroxylation is 1. The van der Waals surface area contributed by atoms with Crippen molar-refractivity contribution in [3.8, 4) is 28.1 Å². The Morgan fingerprint density at radius 1 is 1.08 bits per heavy atom. The zero-order chi connectivity index (χ0) is 45.4. The lowest BCUT2D eigenvalue weighted by Crippen LogP contribution is -2.66. The third-order valence-corrected chi connectivity index (χ3v) is 12.8. The molecule has 338 valence electrons. The first-order valence-corrected chi connectivity index (χ1v) is 22.0. The molecule has 3 aliphatic heterocycles. The lowest BCUT2D eigenvalue weighted by molar-refractivity contribution is -0.162. The molecule has 7 rings (SSSR count). The number of hydrazine groups is 1. The number of fused-ring (bicyclic) bond motifs is 6. The van der Waals surface area contributed by atoms with E-state index in [1.54, 1.807) is 51.4 Å². The number of phenolic OH excluding ortho intramolecular Hbond substituents is 1. The molecule has 5 heterocycles. The van der Waals surface area contributed by atoms with Gasteiger partial charge in [-0.1, -0.05) is 39.8 Å². The van der Waals surface area contributed by atoms with Gasteiger partial charge < -0.3 is 39.0 Å². The van der Waals surface area contributed by atoms with Gasteiger partial charge in [0.15, 0.2) is 0 Å². The summed E-state index contributed by atoms with van der Waals surface area (Å²) >= 11 is 0. The minimum Gasteiger partial charge on any atom is -0.508 e. The number of hydrogen-bond acceptors (Lipinski definition) is 10. The van der Waals surface area contributed by atoms with E-state index in [-0.39, 0.29) is 43.4 Å². The molecule has 3 aliphatic rings. The van der Waals surface area contributed by atoms with Crippen LogP contribution in [0.4, 0.5) is 4.79 Å². The van der Waals surface area contributed by atoms with E-state index in [1.165, 1.54) is 9.91 Å². The molecule has 0 aliphatic carbocycles. The molecule has 2 fully saturated rings. The van der Waals surface area contributed by atoms with Crippen LogP contribution in [0.1, 0.15) is 71.1 Å². The van der Waals surface area contributed by atoms with E-state index in [0.29, 0.717) is 51.1 Å². The summed E-state index contributed by atoms with van der Waals surface area (Å²) in [6.45, 7) is 14.0. The van der Waals surface area contributed by atoms with E-state index in [0.717, 1.165) is 44.4 Å². The number of amides is 4. The van der Waals surface area contributed by atoms with Crippen molar-refractivity contribution in [3.05, 3.63) is 71.5 Å². The molecule has 2 saturated heterocycles. The molecular weight excluding hydrogens is 803 g/mol. The number of cyclic esters (lactones) is 1. The molecular formula is C48H63N7O8. The van der Waals surface area contributed by atoms with Crippen molar-refractivity contribution in [3.63, 3.8) is 0 Å². The molecule has 4 amide bonds. The van der Waals surface area contributed by atoms with Crippen molar-refractivity contribution < 1.29 is 38.5 Å². The van der Waals surface area contributed by atoms with Gasteiger partial charge >= 0.3 is 12.0 Å². The maximum atomic E-state index is 14.8. The van der Waals surface area contributed by atoms with Gasteiger partial charge in [-0.05, 0) is 97.2 Å². The SMILES string of the molecule is CCn1c(-c2cnccc2COC)c2c3cc(ccc31)-c1cc(O)cc(c1)C[C@H](NC(=O)[C@H](C(C)C)N(C)C(=O)N1CC(OC)C1)C(=O)N1CCC[C@@](C)(N1)C(=O)OCC(C)(C)C2. The monoisotopic (exact) mass is 865 g/mol. The van der Waals surface area contributed by atoms with Crippen LogP contribution in [0.2, 0.25) is 0 Å². The highest BCUT2D eigenvalue weighted by molar-refractivity contribution is 5.96. The fourth-order valence-electron chi connectivity index (χ4n) is 9.45. The number of benzene rings is 2. The van der Waals surface area contributed by atoms with Gasteiger partial charge in [0.2, 0.25) is 5.91 Å². The van der Waals surface area contributed by atoms with Crippen molar-refractivity contribution in [1.82, 2.24) is 35.1 Å². The summed E-state index contributed by atoms with van der Waals surface area (Å²) in [5.74, 6) is -1.74. The molecule has 0 saturated carbocycles. The van der Waals surface area contributed by atoms with Gasteiger partial charge in [0.05, 0.1) is 38.1 Å². The van der Waals surface area contributed by atoms with E-state index in [2.05, 4.69) is 53.2 Å². The van der Waals surface area contributed by atoms with Crippen molar-refractivity contribution in [1.29, 1.82) is 0 Å². The van der Waals surface area contributed by atoms with Crippen LogP contribution in [0.3, 0.4) is 0 Å².